The lowest BCUT2D eigenvalue weighted by atomic mass is 10.1. The smallest absolute Gasteiger partial charge is 0.271 e. The molecule has 0 saturated carbocycles. The van der Waals surface area contributed by atoms with Crippen molar-refractivity contribution in [1.82, 2.24) is 0 Å². The third kappa shape index (κ3) is 4.89. The normalized spacial score (nSPS) is 11.2. The molecule has 0 aromatic heterocycles. The van der Waals surface area contributed by atoms with Crippen LogP contribution >= 0.6 is 11.6 Å². The number of hydrogen-bond donors (Lipinski definition) is 1. The molecule has 0 aliphatic heterocycles. The minimum Gasteiger partial charge on any atom is -0.476 e. The number of nitro groups is 1. The predicted octanol–water partition coefficient (Wildman–Crippen LogP) is 4.88. The molecule has 0 bridgehead atoms. The zero-order valence-electron chi connectivity index (χ0n) is 14.9. The van der Waals surface area contributed by atoms with Crippen LogP contribution in [0.5, 0.6) is 5.75 Å². The highest BCUT2D eigenvalue weighted by Crippen LogP contribution is 2.29. The van der Waals surface area contributed by atoms with Crippen LogP contribution in [0.25, 0.3) is 0 Å². The van der Waals surface area contributed by atoms with Gasteiger partial charge in [-0.25, -0.2) is 0 Å². The molecule has 1 atom stereocenters. The summed E-state index contributed by atoms with van der Waals surface area (Å²) in [5.74, 6) is -0.0980. The number of non-ortho nitro benzene ring substituents is 1. The Morgan fingerprint density at radius 3 is 2.38 bits per heavy atom. The number of benzene rings is 3. The van der Waals surface area contributed by atoms with Gasteiger partial charge in [0, 0.05) is 17.7 Å². The first-order valence-electron chi connectivity index (χ1n) is 8.44. The number of ether oxygens (including phenoxy) is 1. The molecule has 7 nitrogen and oxygen atoms in total. The second-order valence-corrected chi connectivity index (χ2v) is 6.36. The number of nitro benzene ring substituents is 1. The number of anilines is 1. The van der Waals surface area contributed by atoms with Crippen molar-refractivity contribution in [2.24, 2.45) is 0 Å². The van der Waals surface area contributed by atoms with Crippen LogP contribution in [0.1, 0.15) is 17.2 Å². The molecule has 0 fully saturated rings. The maximum Gasteiger partial charge on any atom is 0.271 e. The Bertz CT molecular complexity index is 1080. The Hall–Kier alpha value is -3.89. The number of hydrogen-bond acceptors (Lipinski definition) is 5. The van der Waals surface area contributed by atoms with Gasteiger partial charge in [0.1, 0.15) is 5.75 Å². The number of carbonyl (C=O) groups excluding carboxylic acids is 1. The zero-order chi connectivity index (χ0) is 20.8. The van der Waals surface area contributed by atoms with Crippen molar-refractivity contribution in [3.8, 4) is 11.8 Å². The van der Waals surface area contributed by atoms with E-state index in [9.17, 15) is 14.9 Å². The average molecular weight is 408 g/mol. The monoisotopic (exact) mass is 407 g/mol. The number of amides is 1. The van der Waals surface area contributed by atoms with E-state index in [2.05, 4.69) is 5.32 Å². The number of carbonyl (C=O) groups is 1. The lowest BCUT2D eigenvalue weighted by Gasteiger charge is -2.19. The van der Waals surface area contributed by atoms with Crippen LogP contribution < -0.4 is 10.1 Å². The zero-order valence-corrected chi connectivity index (χ0v) is 15.7. The number of nitrogens with zero attached hydrogens (tertiary/aromatic N) is 2. The van der Waals surface area contributed by atoms with E-state index in [-0.39, 0.29) is 16.4 Å². The van der Waals surface area contributed by atoms with Gasteiger partial charge in [-0.15, -0.1) is 0 Å². The van der Waals surface area contributed by atoms with Crippen LogP contribution in [0.2, 0.25) is 5.02 Å². The molecule has 3 aromatic rings. The van der Waals surface area contributed by atoms with Crippen LogP contribution in [0.15, 0.2) is 72.8 Å². The predicted molar refractivity (Wildman–Crippen MR) is 108 cm³/mol. The topological polar surface area (TPSA) is 105 Å². The van der Waals surface area contributed by atoms with Crippen molar-refractivity contribution >= 4 is 28.9 Å². The molecule has 29 heavy (non-hydrogen) atoms. The summed E-state index contributed by atoms with van der Waals surface area (Å²) < 4.78 is 5.86. The van der Waals surface area contributed by atoms with E-state index >= 15 is 0 Å². The van der Waals surface area contributed by atoms with Crippen molar-refractivity contribution in [3.63, 3.8) is 0 Å². The van der Waals surface area contributed by atoms with E-state index in [1.54, 1.807) is 48.5 Å². The Kier molecular flexibility index (Phi) is 6.07. The third-order valence-electron chi connectivity index (χ3n) is 4.00. The fraction of sp³-hybridized carbons (Fsp3) is 0.0476. The van der Waals surface area contributed by atoms with Gasteiger partial charge >= 0.3 is 0 Å². The second kappa shape index (κ2) is 8.87. The fourth-order valence-corrected chi connectivity index (χ4v) is 2.78. The summed E-state index contributed by atoms with van der Waals surface area (Å²) in [6.07, 6.45) is -1.00. The summed E-state index contributed by atoms with van der Waals surface area (Å²) in [6.45, 7) is 0. The van der Waals surface area contributed by atoms with E-state index in [4.69, 9.17) is 21.6 Å². The highest BCUT2D eigenvalue weighted by Gasteiger charge is 2.24. The van der Waals surface area contributed by atoms with Gasteiger partial charge in [-0.2, -0.15) is 5.26 Å². The molecular weight excluding hydrogens is 394 g/mol. The number of nitrogens with one attached hydrogen (secondary N) is 1. The van der Waals surface area contributed by atoms with Gasteiger partial charge in [0.05, 0.1) is 27.3 Å². The highest BCUT2D eigenvalue weighted by atomic mass is 35.5. The Balaban J connectivity index is 1.86. The first kappa shape index (κ1) is 19.9. The van der Waals surface area contributed by atoms with Crippen LogP contribution in [0.4, 0.5) is 11.4 Å². The Morgan fingerprint density at radius 1 is 1.10 bits per heavy atom. The second-order valence-electron chi connectivity index (χ2n) is 5.96. The van der Waals surface area contributed by atoms with E-state index < -0.39 is 16.9 Å². The first-order valence-corrected chi connectivity index (χ1v) is 8.82. The van der Waals surface area contributed by atoms with Gasteiger partial charge < -0.3 is 10.1 Å². The lowest BCUT2D eigenvalue weighted by molar-refractivity contribution is -0.384. The minimum atomic E-state index is -1.00. The van der Waals surface area contributed by atoms with E-state index in [0.29, 0.717) is 16.9 Å². The molecule has 144 valence electrons. The maximum atomic E-state index is 12.9. The molecule has 1 N–H and O–H groups in total. The van der Waals surface area contributed by atoms with Crippen molar-refractivity contribution in [3.05, 3.63) is 99.1 Å². The number of rotatable bonds is 6. The molecule has 3 aromatic carbocycles. The highest BCUT2D eigenvalue weighted by molar-refractivity contribution is 6.34. The fourth-order valence-electron chi connectivity index (χ4n) is 2.56. The average Bonchev–Trinajstić information content (AvgIpc) is 2.74. The van der Waals surface area contributed by atoms with Crippen LogP contribution in [0, 0.1) is 21.4 Å². The van der Waals surface area contributed by atoms with E-state index in [1.165, 1.54) is 12.1 Å². The molecule has 0 saturated heterocycles. The molecule has 0 radical (unpaired) electrons. The molecule has 0 spiro atoms. The Morgan fingerprint density at radius 2 is 1.79 bits per heavy atom. The van der Waals surface area contributed by atoms with Crippen LogP contribution in [-0.4, -0.2) is 10.8 Å². The summed E-state index contributed by atoms with van der Waals surface area (Å²) in [5.41, 5.74) is 1.12. The third-order valence-corrected chi connectivity index (χ3v) is 4.31. The molecule has 0 aliphatic rings. The molecule has 3 rings (SSSR count). The quantitative estimate of drug-likeness (QED) is 0.463. The summed E-state index contributed by atoms with van der Waals surface area (Å²) in [6, 6.07) is 21.0. The van der Waals surface area contributed by atoms with Gasteiger partial charge in [0.15, 0.2) is 0 Å². The summed E-state index contributed by atoms with van der Waals surface area (Å²) in [5, 5.41) is 22.4. The van der Waals surface area contributed by atoms with Crippen LogP contribution in [0.3, 0.4) is 0 Å². The van der Waals surface area contributed by atoms with Gasteiger partial charge in [-0.1, -0.05) is 41.9 Å². The van der Waals surface area contributed by atoms with Crippen molar-refractivity contribution in [1.29, 1.82) is 5.26 Å². The van der Waals surface area contributed by atoms with Gasteiger partial charge in [0.25, 0.3) is 11.6 Å². The standard InChI is InChI=1S/C21H14ClN3O4/c22-18-12-16(25(27)28)8-11-19(18)24-21(26)20(15-4-2-1-3-5-15)29-17-9-6-14(13-23)7-10-17/h1-12,20H,(H,24,26)/t20-/m0/s1. The van der Waals surface area contributed by atoms with Crippen molar-refractivity contribution in [2.75, 3.05) is 5.32 Å². The van der Waals surface area contributed by atoms with Gasteiger partial charge in [-0.3, -0.25) is 14.9 Å². The van der Waals surface area contributed by atoms with Crippen LogP contribution in [-0.2, 0) is 4.79 Å². The molecule has 0 heterocycles. The summed E-state index contributed by atoms with van der Waals surface area (Å²) in [4.78, 5) is 23.2. The first-order chi connectivity index (χ1) is 14.0. The van der Waals surface area contributed by atoms with Crippen molar-refractivity contribution in [2.45, 2.75) is 6.10 Å². The lowest BCUT2D eigenvalue weighted by Crippen LogP contribution is -2.25. The molecular formula is C21H14ClN3O4. The molecule has 0 aliphatic carbocycles. The van der Waals surface area contributed by atoms with E-state index in [1.807, 2.05) is 12.1 Å². The molecule has 0 unspecified atom stereocenters. The maximum absolute atomic E-state index is 12.9. The van der Waals surface area contributed by atoms with E-state index in [0.717, 1.165) is 6.07 Å². The van der Waals surface area contributed by atoms with Gasteiger partial charge in [-0.05, 0) is 30.3 Å². The minimum absolute atomic E-state index is 0.0396. The SMILES string of the molecule is N#Cc1ccc(O[C@H](C(=O)Nc2ccc([N+](=O)[O-])cc2Cl)c2ccccc2)cc1. The number of nitriles is 1. The van der Waals surface area contributed by atoms with Gasteiger partial charge in [0.2, 0.25) is 6.10 Å². The number of halogens is 1. The summed E-state index contributed by atoms with van der Waals surface area (Å²) in [7, 11) is 0. The summed E-state index contributed by atoms with van der Waals surface area (Å²) >= 11 is 6.07. The largest absolute Gasteiger partial charge is 0.476 e. The Labute approximate surface area is 171 Å². The molecule has 8 heteroatoms. The van der Waals surface area contributed by atoms with Crippen molar-refractivity contribution < 1.29 is 14.5 Å². The molecule has 1 amide bonds.